The molecule has 5 heteroatoms. The molecule has 0 spiro atoms. The van der Waals surface area contributed by atoms with E-state index in [1.807, 2.05) is 24.6 Å². The van der Waals surface area contributed by atoms with Gasteiger partial charge in [0, 0.05) is 5.69 Å². The van der Waals surface area contributed by atoms with Crippen LogP contribution in [0, 0.1) is 13.8 Å². The number of nitrogens with zero attached hydrogens (tertiary/aromatic N) is 2. The highest BCUT2D eigenvalue weighted by molar-refractivity contribution is 5.79. The van der Waals surface area contributed by atoms with Gasteiger partial charge in [0.25, 0.3) is 0 Å². The van der Waals surface area contributed by atoms with Crippen LogP contribution in [0.1, 0.15) is 43.1 Å². The normalized spacial score (nSPS) is 28.3. The quantitative estimate of drug-likeness (QED) is 0.857. The maximum atomic E-state index is 11.5. The van der Waals surface area contributed by atoms with Gasteiger partial charge in [-0.3, -0.25) is 9.48 Å². The van der Waals surface area contributed by atoms with Crippen molar-refractivity contribution in [2.75, 3.05) is 7.05 Å². The Morgan fingerprint density at radius 3 is 2.83 bits per heavy atom. The lowest BCUT2D eigenvalue weighted by molar-refractivity contribution is -0.146. The van der Waals surface area contributed by atoms with Crippen LogP contribution in [0.25, 0.3) is 0 Å². The van der Waals surface area contributed by atoms with Gasteiger partial charge in [0.2, 0.25) is 0 Å². The van der Waals surface area contributed by atoms with Gasteiger partial charge < -0.3 is 10.4 Å². The van der Waals surface area contributed by atoms with E-state index in [0.29, 0.717) is 12.8 Å². The van der Waals surface area contributed by atoms with Crippen molar-refractivity contribution in [3.05, 3.63) is 17.5 Å². The molecule has 1 aromatic rings. The highest BCUT2D eigenvalue weighted by Gasteiger charge is 2.42. The second-order valence-corrected chi connectivity index (χ2v) is 5.26. The topological polar surface area (TPSA) is 67.2 Å². The van der Waals surface area contributed by atoms with E-state index in [-0.39, 0.29) is 6.04 Å². The Bertz CT molecular complexity index is 455. The summed E-state index contributed by atoms with van der Waals surface area (Å²) >= 11 is 0. The maximum Gasteiger partial charge on any atom is 0.323 e. The standard InChI is InChI=1S/C13H21N3O2/c1-9-7-10(2)16(15-9)11-5-4-6-13(8-11,14-3)12(17)18/h7,11,14H,4-6,8H2,1-3H3,(H,17,18). The molecule has 2 atom stereocenters. The van der Waals surface area contributed by atoms with Crippen molar-refractivity contribution in [1.82, 2.24) is 15.1 Å². The predicted molar refractivity (Wildman–Crippen MR) is 68.6 cm³/mol. The van der Waals surface area contributed by atoms with Gasteiger partial charge in [-0.05, 0) is 52.6 Å². The minimum Gasteiger partial charge on any atom is -0.480 e. The lowest BCUT2D eigenvalue weighted by Gasteiger charge is -2.37. The maximum absolute atomic E-state index is 11.5. The molecule has 0 aliphatic heterocycles. The van der Waals surface area contributed by atoms with Crippen LogP contribution >= 0.6 is 0 Å². The first-order chi connectivity index (χ1) is 8.48. The summed E-state index contributed by atoms with van der Waals surface area (Å²) in [5.74, 6) is -0.753. The summed E-state index contributed by atoms with van der Waals surface area (Å²) in [5.41, 5.74) is 1.30. The second-order valence-electron chi connectivity index (χ2n) is 5.26. The van der Waals surface area contributed by atoms with Crippen LogP contribution < -0.4 is 5.32 Å². The number of nitrogens with one attached hydrogen (secondary N) is 1. The third kappa shape index (κ3) is 2.14. The van der Waals surface area contributed by atoms with Gasteiger partial charge in [0.15, 0.2) is 0 Å². The molecule has 100 valence electrons. The Balaban J connectivity index is 2.26. The SMILES string of the molecule is CNC1(C(=O)O)CCCC(n2nc(C)cc2C)C1. The molecule has 1 aliphatic rings. The van der Waals surface area contributed by atoms with Crippen LogP contribution in [0.2, 0.25) is 0 Å². The minimum absolute atomic E-state index is 0.177. The third-order valence-electron chi connectivity index (χ3n) is 4.00. The van der Waals surface area contributed by atoms with Gasteiger partial charge in [-0.15, -0.1) is 0 Å². The van der Waals surface area contributed by atoms with Crippen LogP contribution in [0.15, 0.2) is 6.07 Å². The molecular weight excluding hydrogens is 230 g/mol. The van der Waals surface area contributed by atoms with E-state index in [9.17, 15) is 9.90 Å². The number of hydrogen-bond donors (Lipinski definition) is 2. The summed E-state index contributed by atoms with van der Waals surface area (Å²) in [6.07, 6.45) is 3.20. The fraction of sp³-hybridized carbons (Fsp3) is 0.692. The first-order valence-electron chi connectivity index (χ1n) is 6.43. The lowest BCUT2D eigenvalue weighted by atomic mass is 9.79. The molecule has 0 radical (unpaired) electrons. The largest absolute Gasteiger partial charge is 0.480 e. The molecule has 2 unspecified atom stereocenters. The smallest absolute Gasteiger partial charge is 0.323 e. The molecule has 1 fully saturated rings. The summed E-state index contributed by atoms with van der Waals surface area (Å²) < 4.78 is 1.99. The van der Waals surface area contributed by atoms with Crippen molar-refractivity contribution in [2.24, 2.45) is 0 Å². The molecule has 0 bridgehead atoms. The van der Waals surface area contributed by atoms with Gasteiger partial charge >= 0.3 is 5.97 Å². The second kappa shape index (κ2) is 4.72. The number of carboxylic acid groups (broad SMARTS) is 1. The third-order valence-corrected chi connectivity index (χ3v) is 4.00. The van der Waals surface area contributed by atoms with E-state index >= 15 is 0 Å². The molecule has 0 amide bonds. The molecule has 0 aromatic carbocycles. The summed E-state index contributed by atoms with van der Waals surface area (Å²) in [5, 5.41) is 16.9. The number of aliphatic carboxylic acids is 1. The van der Waals surface area contributed by atoms with E-state index in [4.69, 9.17) is 0 Å². The van der Waals surface area contributed by atoms with Crippen molar-refractivity contribution >= 4 is 5.97 Å². The highest BCUT2D eigenvalue weighted by Crippen LogP contribution is 2.36. The molecular formula is C13H21N3O2. The van der Waals surface area contributed by atoms with E-state index in [2.05, 4.69) is 10.4 Å². The first kappa shape index (κ1) is 13.1. The highest BCUT2D eigenvalue weighted by atomic mass is 16.4. The monoisotopic (exact) mass is 251 g/mol. The fourth-order valence-corrected chi connectivity index (χ4v) is 3.00. The summed E-state index contributed by atoms with van der Waals surface area (Å²) in [4.78, 5) is 11.5. The number of aromatic nitrogens is 2. The van der Waals surface area contributed by atoms with Crippen LogP contribution in [0.3, 0.4) is 0 Å². The zero-order valence-corrected chi connectivity index (χ0v) is 11.2. The molecule has 1 heterocycles. The molecule has 0 saturated heterocycles. The van der Waals surface area contributed by atoms with Crippen molar-refractivity contribution < 1.29 is 9.90 Å². The molecule has 2 N–H and O–H groups in total. The molecule has 18 heavy (non-hydrogen) atoms. The van der Waals surface area contributed by atoms with E-state index in [1.54, 1.807) is 7.05 Å². The van der Waals surface area contributed by atoms with E-state index in [1.165, 1.54) is 0 Å². The van der Waals surface area contributed by atoms with Crippen LogP contribution in [-0.2, 0) is 4.79 Å². The predicted octanol–water partition coefficient (Wildman–Crippen LogP) is 1.66. The zero-order chi connectivity index (χ0) is 13.3. The summed E-state index contributed by atoms with van der Waals surface area (Å²) in [6, 6.07) is 2.21. The number of carboxylic acids is 1. The Morgan fingerprint density at radius 1 is 1.61 bits per heavy atom. The van der Waals surface area contributed by atoms with Crippen molar-refractivity contribution in [1.29, 1.82) is 0 Å². The number of hydrogen-bond acceptors (Lipinski definition) is 3. The molecule has 2 rings (SSSR count). The van der Waals surface area contributed by atoms with Crippen LogP contribution in [0.5, 0.6) is 0 Å². The molecule has 1 aliphatic carbocycles. The minimum atomic E-state index is -0.796. The first-order valence-corrected chi connectivity index (χ1v) is 6.43. The zero-order valence-electron chi connectivity index (χ0n) is 11.2. The Hall–Kier alpha value is -1.36. The summed E-state index contributed by atoms with van der Waals surface area (Å²) in [6.45, 7) is 3.99. The van der Waals surface area contributed by atoms with Crippen LogP contribution in [0.4, 0.5) is 0 Å². The number of aryl methyl sites for hydroxylation is 2. The lowest BCUT2D eigenvalue weighted by Crippen LogP contribution is -2.53. The van der Waals surface area contributed by atoms with Gasteiger partial charge in [-0.25, -0.2) is 0 Å². The van der Waals surface area contributed by atoms with Crippen molar-refractivity contribution in [2.45, 2.75) is 51.1 Å². The van der Waals surface area contributed by atoms with E-state index in [0.717, 1.165) is 24.2 Å². The number of carbonyl (C=O) groups is 1. The van der Waals surface area contributed by atoms with Gasteiger partial charge in [-0.1, -0.05) is 0 Å². The van der Waals surface area contributed by atoms with Crippen molar-refractivity contribution in [3.8, 4) is 0 Å². The Morgan fingerprint density at radius 2 is 2.33 bits per heavy atom. The van der Waals surface area contributed by atoms with E-state index < -0.39 is 11.5 Å². The molecule has 5 nitrogen and oxygen atoms in total. The Kier molecular flexibility index (Phi) is 3.43. The Labute approximate surface area is 107 Å². The van der Waals surface area contributed by atoms with Gasteiger partial charge in [-0.2, -0.15) is 5.10 Å². The molecule has 1 saturated carbocycles. The van der Waals surface area contributed by atoms with Crippen LogP contribution in [-0.4, -0.2) is 33.4 Å². The average Bonchev–Trinajstić information content (AvgIpc) is 2.68. The molecule has 1 aromatic heterocycles. The number of rotatable bonds is 3. The van der Waals surface area contributed by atoms with Crippen molar-refractivity contribution in [3.63, 3.8) is 0 Å². The average molecular weight is 251 g/mol. The van der Waals surface area contributed by atoms with Gasteiger partial charge in [0.1, 0.15) is 5.54 Å². The van der Waals surface area contributed by atoms with Gasteiger partial charge in [0.05, 0.1) is 11.7 Å². The fourth-order valence-electron chi connectivity index (χ4n) is 3.00. The summed E-state index contributed by atoms with van der Waals surface area (Å²) in [7, 11) is 1.73. The number of likely N-dealkylation sites (N-methyl/N-ethyl adjacent to an activating group) is 1.